The molecule has 0 unspecified atom stereocenters. The Morgan fingerprint density at radius 3 is 2.62 bits per heavy atom. The summed E-state index contributed by atoms with van der Waals surface area (Å²) in [4.78, 5) is 13.5. The SMILES string of the molecule is CCCCN(C)C(=O)C1CC(N)C1. The Hall–Kier alpha value is -0.570. The highest BCUT2D eigenvalue weighted by molar-refractivity contribution is 5.79. The smallest absolute Gasteiger partial charge is 0.225 e. The van der Waals surface area contributed by atoms with E-state index < -0.39 is 0 Å². The number of unbranched alkanes of at least 4 members (excludes halogenated alkanes) is 1. The van der Waals surface area contributed by atoms with Crippen molar-refractivity contribution in [2.24, 2.45) is 11.7 Å². The van der Waals surface area contributed by atoms with Crippen molar-refractivity contribution in [3.63, 3.8) is 0 Å². The molecule has 76 valence electrons. The average molecular weight is 184 g/mol. The van der Waals surface area contributed by atoms with Crippen LogP contribution in [0.5, 0.6) is 0 Å². The average Bonchev–Trinajstić information content (AvgIpc) is 2.07. The molecule has 0 aliphatic heterocycles. The maximum absolute atomic E-state index is 11.6. The van der Waals surface area contributed by atoms with E-state index in [1.165, 1.54) is 0 Å². The highest BCUT2D eigenvalue weighted by Gasteiger charge is 2.33. The molecular formula is C10H20N2O. The van der Waals surface area contributed by atoms with Crippen molar-refractivity contribution in [3.05, 3.63) is 0 Å². The van der Waals surface area contributed by atoms with Crippen molar-refractivity contribution < 1.29 is 4.79 Å². The second-order valence-electron chi connectivity index (χ2n) is 4.04. The zero-order valence-electron chi connectivity index (χ0n) is 8.62. The molecule has 3 nitrogen and oxygen atoms in total. The molecule has 2 N–H and O–H groups in total. The van der Waals surface area contributed by atoms with Crippen LogP contribution in [0, 0.1) is 5.92 Å². The van der Waals surface area contributed by atoms with Gasteiger partial charge in [0, 0.05) is 25.6 Å². The first-order valence-corrected chi connectivity index (χ1v) is 5.15. The third-order valence-electron chi connectivity index (χ3n) is 2.75. The van der Waals surface area contributed by atoms with E-state index in [0.717, 1.165) is 32.2 Å². The fourth-order valence-corrected chi connectivity index (χ4v) is 1.68. The van der Waals surface area contributed by atoms with E-state index in [1.807, 2.05) is 11.9 Å². The van der Waals surface area contributed by atoms with Crippen LogP contribution in [0.2, 0.25) is 0 Å². The summed E-state index contributed by atoms with van der Waals surface area (Å²) in [5.41, 5.74) is 5.64. The van der Waals surface area contributed by atoms with Gasteiger partial charge in [-0.05, 0) is 19.3 Å². The van der Waals surface area contributed by atoms with E-state index in [-0.39, 0.29) is 17.9 Å². The Morgan fingerprint density at radius 1 is 1.54 bits per heavy atom. The van der Waals surface area contributed by atoms with Gasteiger partial charge in [0.1, 0.15) is 0 Å². The molecule has 0 radical (unpaired) electrons. The van der Waals surface area contributed by atoms with Crippen molar-refractivity contribution in [2.45, 2.75) is 38.6 Å². The number of nitrogens with two attached hydrogens (primary N) is 1. The number of hydrogen-bond acceptors (Lipinski definition) is 2. The zero-order valence-corrected chi connectivity index (χ0v) is 8.62. The summed E-state index contributed by atoms with van der Waals surface area (Å²) in [6.45, 7) is 3.03. The molecule has 0 spiro atoms. The fourth-order valence-electron chi connectivity index (χ4n) is 1.68. The second-order valence-corrected chi connectivity index (χ2v) is 4.04. The van der Waals surface area contributed by atoms with Crippen LogP contribution in [0.3, 0.4) is 0 Å². The van der Waals surface area contributed by atoms with Crippen molar-refractivity contribution in [2.75, 3.05) is 13.6 Å². The minimum absolute atomic E-state index is 0.219. The van der Waals surface area contributed by atoms with Gasteiger partial charge >= 0.3 is 0 Å². The lowest BCUT2D eigenvalue weighted by atomic mass is 9.80. The Morgan fingerprint density at radius 2 is 2.15 bits per heavy atom. The third kappa shape index (κ3) is 2.69. The van der Waals surface area contributed by atoms with Gasteiger partial charge in [0.2, 0.25) is 5.91 Å². The van der Waals surface area contributed by atoms with Gasteiger partial charge in [-0.3, -0.25) is 4.79 Å². The minimum atomic E-state index is 0.219. The lowest BCUT2D eigenvalue weighted by Crippen LogP contribution is -2.45. The molecule has 0 aromatic heterocycles. The van der Waals surface area contributed by atoms with E-state index in [2.05, 4.69) is 6.92 Å². The standard InChI is InChI=1S/C10H20N2O/c1-3-4-5-12(2)10(13)8-6-9(11)7-8/h8-9H,3-7,11H2,1-2H3. The third-order valence-corrected chi connectivity index (χ3v) is 2.75. The molecule has 1 aliphatic rings. The van der Waals surface area contributed by atoms with E-state index in [1.54, 1.807) is 0 Å². The molecule has 3 heteroatoms. The van der Waals surface area contributed by atoms with Gasteiger partial charge in [0.15, 0.2) is 0 Å². The van der Waals surface area contributed by atoms with Crippen molar-refractivity contribution >= 4 is 5.91 Å². The van der Waals surface area contributed by atoms with Crippen LogP contribution >= 0.6 is 0 Å². The summed E-state index contributed by atoms with van der Waals surface area (Å²) in [6, 6.07) is 0.272. The molecule has 0 aromatic carbocycles. The van der Waals surface area contributed by atoms with Crippen LogP contribution in [-0.2, 0) is 4.79 Å². The predicted octanol–water partition coefficient (Wildman–Crippen LogP) is 0.982. The Kier molecular flexibility index (Phi) is 3.72. The van der Waals surface area contributed by atoms with E-state index in [4.69, 9.17) is 5.73 Å². The molecule has 13 heavy (non-hydrogen) atoms. The Balaban J connectivity index is 2.22. The van der Waals surface area contributed by atoms with Crippen LogP contribution in [0.1, 0.15) is 32.6 Å². The van der Waals surface area contributed by atoms with Crippen molar-refractivity contribution in [1.29, 1.82) is 0 Å². The monoisotopic (exact) mass is 184 g/mol. The van der Waals surface area contributed by atoms with E-state index in [9.17, 15) is 4.79 Å². The van der Waals surface area contributed by atoms with Gasteiger partial charge in [-0.1, -0.05) is 13.3 Å². The normalized spacial score (nSPS) is 26.7. The Bertz CT molecular complexity index is 176. The summed E-state index contributed by atoms with van der Waals surface area (Å²) in [6.07, 6.45) is 4.01. The molecule has 1 amide bonds. The van der Waals surface area contributed by atoms with Crippen LogP contribution in [0.25, 0.3) is 0 Å². The molecule has 0 heterocycles. The summed E-state index contributed by atoms with van der Waals surface area (Å²) in [5, 5.41) is 0. The highest BCUT2D eigenvalue weighted by atomic mass is 16.2. The molecule has 1 fully saturated rings. The number of carbonyl (C=O) groups is 1. The molecule has 0 saturated heterocycles. The first-order chi connectivity index (χ1) is 6.15. The van der Waals surface area contributed by atoms with Crippen molar-refractivity contribution in [3.8, 4) is 0 Å². The predicted molar refractivity (Wildman–Crippen MR) is 53.2 cm³/mol. The number of amides is 1. The zero-order chi connectivity index (χ0) is 9.84. The molecule has 0 aromatic rings. The lowest BCUT2D eigenvalue weighted by Gasteiger charge is -2.34. The minimum Gasteiger partial charge on any atom is -0.346 e. The first-order valence-electron chi connectivity index (χ1n) is 5.15. The van der Waals surface area contributed by atoms with Gasteiger partial charge in [0.05, 0.1) is 0 Å². The topological polar surface area (TPSA) is 46.3 Å². The van der Waals surface area contributed by atoms with Crippen LogP contribution in [0.4, 0.5) is 0 Å². The quantitative estimate of drug-likeness (QED) is 0.708. The lowest BCUT2D eigenvalue weighted by molar-refractivity contribution is -0.137. The molecule has 0 bridgehead atoms. The molecule has 1 rings (SSSR count). The highest BCUT2D eigenvalue weighted by Crippen LogP contribution is 2.27. The van der Waals surface area contributed by atoms with E-state index in [0.29, 0.717) is 0 Å². The molecule has 1 aliphatic carbocycles. The maximum Gasteiger partial charge on any atom is 0.225 e. The van der Waals surface area contributed by atoms with Crippen LogP contribution < -0.4 is 5.73 Å². The summed E-state index contributed by atoms with van der Waals surface area (Å²) in [5.74, 6) is 0.506. The van der Waals surface area contributed by atoms with Gasteiger partial charge in [-0.15, -0.1) is 0 Å². The summed E-state index contributed by atoms with van der Waals surface area (Å²) in [7, 11) is 1.89. The van der Waals surface area contributed by atoms with Gasteiger partial charge in [0.25, 0.3) is 0 Å². The van der Waals surface area contributed by atoms with Gasteiger partial charge in [-0.25, -0.2) is 0 Å². The largest absolute Gasteiger partial charge is 0.346 e. The Labute approximate surface area is 80.3 Å². The number of carbonyl (C=O) groups excluding carboxylic acids is 1. The van der Waals surface area contributed by atoms with Crippen LogP contribution in [-0.4, -0.2) is 30.4 Å². The maximum atomic E-state index is 11.6. The number of rotatable bonds is 4. The first kappa shape index (κ1) is 10.5. The fraction of sp³-hybridized carbons (Fsp3) is 0.900. The second kappa shape index (κ2) is 4.61. The van der Waals surface area contributed by atoms with Gasteiger partial charge in [-0.2, -0.15) is 0 Å². The molecule has 0 atom stereocenters. The van der Waals surface area contributed by atoms with Crippen LogP contribution in [0.15, 0.2) is 0 Å². The molecule has 1 saturated carbocycles. The molecular weight excluding hydrogens is 164 g/mol. The van der Waals surface area contributed by atoms with Crippen molar-refractivity contribution in [1.82, 2.24) is 4.90 Å². The summed E-state index contributed by atoms with van der Waals surface area (Å²) >= 11 is 0. The van der Waals surface area contributed by atoms with E-state index >= 15 is 0 Å². The number of hydrogen-bond donors (Lipinski definition) is 1. The summed E-state index contributed by atoms with van der Waals surface area (Å²) < 4.78 is 0. The number of nitrogens with zero attached hydrogens (tertiary/aromatic N) is 1. The van der Waals surface area contributed by atoms with Gasteiger partial charge < -0.3 is 10.6 Å².